The van der Waals surface area contributed by atoms with Crippen LogP contribution in [0.5, 0.6) is 0 Å². The second kappa shape index (κ2) is 4.07. The molecular formula is C11H14FNO. The maximum Gasteiger partial charge on any atom is 0.136 e. The van der Waals surface area contributed by atoms with E-state index in [0.717, 1.165) is 18.7 Å². The molecule has 1 aromatic carbocycles. The highest BCUT2D eigenvalue weighted by atomic mass is 19.3. The summed E-state index contributed by atoms with van der Waals surface area (Å²) in [6.45, 7) is 1.61. The van der Waals surface area contributed by atoms with Crippen molar-refractivity contribution in [2.24, 2.45) is 0 Å². The number of piperidine rings is 1. The summed E-state index contributed by atoms with van der Waals surface area (Å²) in [5.74, 6) is 0. The lowest BCUT2D eigenvalue weighted by molar-refractivity contribution is -0.252. The van der Waals surface area contributed by atoms with Crippen molar-refractivity contribution < 1.29 is 9.47 Å². The normalized spacial score (nSPS) is 20.6. The van der Waals surface area contributed by atoms with E-state index in [1.165, 1.54) is 0 Å². The lowest BCUT2D eigenvalue weighted by atomic mass is 9.85. The summed E-state index contributed by atoms with van der Waals surface area (Å²) in [7, 11) is 0. The minimum atomic E-state index is -0.716. The maximum atomic E-state index is 12.7. The zero-order valence-electron chi connectivity index (χ0n) is 8.00. The molecule has 1 aliphatic heterocycles. The van der Waals surface area contributed by atoms with Crippen molar-refractivity contribution in [3.63, 3.8) is 0 Å². The molecule has 0 aliphatic carbocycles. The lowest BCUT2D eigenvalue weighted by Crippen LogP contribution is -2.40. The molecule has 0 saturated carbocycles. The van der Waals surface area contributed by atoms with Gasteiger partial charge < -0.3 is 5.32 Å². The average molecular weight is 195 g/mol. The van der Waals surface area contributed by atoms with Gasteiger partial charge in [-0.2, -0.15) is 4.94 Å². The molecule has 1 heterocycles. The van der Waals surface area contributed by atoms with E-state index in [1.54, 1.807) is 0 Å². The Morgan fingerprint density at radius 2 is 1.79 bits per heavy atom. The molecule has 2 nitrogen and oxygen atoms in total. The Hall–Kier alpha value is -0.930. The van der Waals surface area contributed by atoms with Crippen LogP contribution in [-0.4, -0.2) is 13.1 Å². The minimum absolute atomic E-state index is 0.688. The third-order valence-electron chi connectivity index (χ3n) is 2.86. The molecule has 0 atom stereocenters. The molecule has 0 unspecified atom stereocenters. The maximum absolute atomic E-state index is 12.7. The summed E-state index contributed by atoms with van der Waals surface area (Å²) in [4.78, 5) is 4.22. The molecule has 0 bridgehead atoms. The smallest absolute Gasteiger partial charge is 0.136 e. The van der Waals surface area contributed by atoms with E-state index < -0.39 is 5.60 Å². The first kappa shape index (κ1) is 9.62. The first-order valence-corrected chi connectivity index (χ1v) is 4.93. The predicted molar refractivity (Wildman–Crippen MR) is 52.4 cm³/mol. The molecule has 0 amide bonds. The van der Waals surface area contributed by atoms with Crippen LogP contribution in [0.2, 0.25) is 0 Å². The molecule has 1 saturated heterocycles. The summed E-state index contributed by atoms with van der Waals surface area (Å²) in [6, 6.07) is 9.60. The van der Waals surface area contributed by atoms with Crippen LogP contribution in [0.15, 0.2) is 30.3 Å². The molecule has 76 valence electrons. The third kappa shape index (κ3) is 1.65. The average Bonchev–Trinajstić information content (AvgIpc) is 2.31. The number of nitrogens with one attached hydrogen (secondary N) is 1. The van der Waals surface area contributed by atoms with Gasteiger partial charge in [-0.15, -0.1) is 0 Å². The van der Waals surface area contributed by atoms with E-state index in [9.17, 15) is 4.53 Å². The van der Waals surface area contributed by atoms with Gasteiger partial charge in [0.25, 0.3) is 0 Å². The van der Waals surface area contributed by atoms with Crippen LogP contribution in [0.3, 0.4) is 0 Å². The van der Waals surface area contributed by atoms with Gasteiger partial charge in [0.05, 0.1) is 0 Å². The van der Waals surface area contributed by atoms with E-state index in [1.807, 2.05) is 30.3 Å². The molecule has 3 heteroatoms. The van der Waals surface area contributed by atoms with Gasteiger partial charge in [0, 0.05) is 0 Å². The molecule has 0 radical (unpaired) electrons. The molecule has 0 aromatic heterocycles. The van der Waals surface area contributed by atoms with Crippen molar-refractivity contribution in [3.05, 3.63) is 35.9 Å². The number of hydrogen-bond donors (Lipinski definition) is 1. The Kier molecular flexibility index (Phi) is 2.79. The predicted octanol–water partition coefficient (Wildman–Crippen LogP) is 2.17. The molecule has 1 fully saturated rings. The number of rotatable bonds is 2. The molecule has 1 aromatic rings. The fraction of sp³-hybridized carbons (Fsp3) is 0.455. The Morgan fingerprint density at radius 1 is 1.14 bits per heavy atom. The lowest BCUT2D eigenvalue weighted by Gasteiger charge is -2.33. The Labute approximate surface area is 83.0 Å². The molecule has 1 N–H and O–H groups in total. The standard InChI is InChI=1S/C11H14FNO/c12-14-11(6-8-13-9-7-11)10-4-2-1-3-5-10/h1-5,13H,6-9H2. The van der Waals surface area contributed by atoms with Gasteiger partial charge in [0.15, 0.2) is 0 Å². The van der Waals surface area contributed by atoms with Gasteiger partial charge in [0.1, 0.15) is 5.60 Å². The van der Waals surface area contributed by atoms with Gasteiger partial charge in [0.2, 0.25) is 0 Å². The molecule has 14 heavy (non-hydrogen) atoms. The largest absolute Gasteiger partial charge is 0.316 e. The molecule has 0 spiro atoms. The monoisotopic (exact) mass is 195 g/mol. The van der Waals surface area contributed by atoms with Crippen molar-refractivity contribution in [2.75, 3.05) is 13.1 Å². The summed E-state index contributed by atoms with van der Waals surface area (Å²) < 4.78 is 12.7. The molecule has 1 aliphatic rings. The van der Waals surface area contributed by atoms with Gasteiger partial charge in [-0.25, -0.2) is 0 Å². The Morgan fingerprint density at radius 3 is 2.36 bits per heavy atom. The van der Waals surface area contributed by atoms with Crippen LogP contribution >= 0.6 is 0 Å². The zero-order chi connectivity index (χ0) is 9.86. The summed E-state index contributed by atoms with van der Waals surface area (Å²) in [5, 5.41) is 3.20. The van der Waals surface area contributed by atoms with Crippen LogP contribution in [0.4, 0.5) is 4.53 Å². The van der Waals surface area contributed by atoms with E-state index >= 15 is 0 Å². The first-order chi connectivity index (χ1) is 6.87. The van der Waals surface area contributed by atoms with Crippen LogP contribution in [-0.2, 0) is 10.5 Å². The summed E-state index contributed by atoms with van der Waals surface area (Å²) >= 11 is 0. The topological polar surface area (TPSA) is 21.3 Å². The van der Waals surface area contributed by atoms with Crippen molar-refractivity contribution in [3.8, 4) is 0 Å². The van der Waals surface area contributed by atoms with Crippen LogP contribution in [0.1, 0.15) is 18.4 Å². The highest BCUT2D eigenvalue weighted by molar-refractivity contribution is 5.23. The van der Waals surface area contributed by atoms with Crippen LogP contribution < -0.4 is 5.32 Å². The Balaban J connectivity index is 2.27. The fourth-order valence-electron chi connectivity index (χ4n) is 1.98. The highest BCUT2D eigenvalue weighted by Crippen LogP contribution is 2.34. The van der Waals surface area contributed by atoms with Crippen molar-refractivity contribution in [1.29, 1.82) is 0 Å². The van der Waals surface area contributed by atoms with E-state index in [-0.39, 0.29) is 0 Å². The van der Waals surface area contributed by atoms with E-state index in [4.69, 9.17) is 0 Å². The van der Waals surface area contributed by atoms with E-state index in [2.05, 4.69) is 10.3 Å². The van der Waals surface area contributed by atoms with Crippen LogP contribution in [0.25, 0.3) is 0 Å². The third-order valence-corrected chi connectivity index (χ3v) is 2.86. The van der Waals surface area contributed by atoms with Gasteiger partial charge in [-0.3, -0.25) is 0 Å². The quantitative estimate of drug-likeness (QED) is 0.780. The van der Waals surface area contributed by atoms with Gasteiger partial charge in [-0.1, -0.05) is 30.3 Å². The summed E-state index contributed by atoms with van der Waals surface area (Å²) in [6.07, 6.45) is 1.38. The SMILES string of the molecule is FOC1(c2ccccc2)CCNCC1. The summed E-state index contributed by atoms with van der Waals surface area (Å²) in [5.41, 5.74) is 0.218. The fourth-order valence-corrected chi connectivity index (χ4v) is 1.98. The molecular weight excluding hydrogens is 181 g/mol. The number of hydrogen-bond acceptors (Lipinski definition) is 2. The molecule has 2 rings (SSSR count). The van der Waals surface area contributed by atoms with Crippen molar-refractivity contribution in [1.82, 2.24) is 5.32 Å². The van der Waals surface area contributed by atoms with Crippen molar-refractivity contribution in [2.45, 2.75) is 18.4 Å². The minimum Gasteiger partial charge on any atom is -0.316 e. The van der Waals surface area contributed by atoms with Crippen LogP contribution in [0, 0.1) is 0 Å². The van der Waals surface area contributed by atoms with Gasteiger partial charge in [-0.05, 0) is 36.0 Å². The zero-order valence-corrected chi connectivity index (χ0v) is 8.00. The number of benzene rings is 1. The first-order valence-electron chi connectivity index (χ1n) is 4.93. The van der Waals surface area contributed by atoms with Gasteiger partial charge >= 0.3 is 0 Å². The number of halogens is 1. The van der Waals surface area contributed by atoms with E-state index in [0.29, 0.717) is 12.8 Å². The Bertz CT molecular complexity index is 283. The second-order valence-electron chi connectivity index (χ2n) is 3.69. The second-order valence-corrected chi connectivity index (χ2v) is 3.69. The highest BCUT2D eigenvalue weighted by Gasteiger charge is 2.36. The van der Waals surface area contributed by atoms with Crippen molar-refractivity contribution >= 4 is 0 Å².